The van der Waals surface area contributed by atoms with Crippen molar-refractivity contribution in [1.29, 1.82) is 0 Å². The van der Waals surface area contributed by atoms with Gasteiger partial charge in [0, 0.05) is 45.2 Å². The van der Waals surface area contributed by atoms with E-state index in [1.807, 2.05) is 48.5 Å². The number of carboxylic acid groups (broad SMARTS) is 1. The molecule has 0 aromatic heterocycles. The highest BCUT2D eigenvalue weighted by atomic mass is 35.5. The molecule has 0 radical (unpaired) electrons. The number of nitrogens with zero attached hydrogens (tertiary/aromatic N) is 2. The summed E-state index contributed by atoms with van der Waals surface area (Å²) < 4.78 is 0. The van der Waals surface area contributed by atoms with Crippen molar-refractivity contribution >= 4 is 23.6 Å². The quantitative estimate of drug-likeness (QED) is 0.360. The fraction of sp³-hybridized carbons (Fsp3) is 0.375. The van der Waals surface area contributed by atoms with Crippen LogP contribution < -0.4 is 5.32 Å². The van der Waals surface area contributed by atoms with Crippen LogP contribution >= 0.6 is 11.6 Å². The van der Waals surface area contributed by atoms with E-state index in [9.17, 15) is 9.59 Å². The third kappa shape index (κ3) is 8.07. The van der Waals surface area contributed by atoms with Crippen molar-refractivity contribution in [2.75, 3.05) is 26.7 Å². The maximum Gasteiger partial charge on any atom is 0.407 e. The molecule has 206 valence electrons. The molecule has 3 aromatic carbocycles. The molecule has 1 heterocycles. The lowest BCUT2D eigenvalue weighted by Crippen LogP contribution is -2.52. The Bertz CT molecular complexity index is 1210. The fourth-order valence-electron chi connectivity index (χ4n) is 5.52. The van der Waals surface area contributed by atoms with Gasteiger partial charge < -0.3 is 20.2 Å². The SMILES string of the molecule is CC(=O)NC1(c2ccccc2)CCN(C[C@@H]2C[C@@H]2c2ccc(Cl)cc2)CC1.CN(Cc1ccccc1)C(=O)O. The molecule has 2 aliphatic rings. The van der Waals surface area contributed by atoms with Gasteiger partial charge in [-0.05, 0) is 59.9 Å². The predicted molar refractivity (Wildman–Crippen MR) is 156 cm³/mol. The predicted octanol–water partition coefficient (Wildman–Crippen LogP) is 6.37. The van der Waals surface area contributed by atoms with E-state index in [0.717, 1.165) is 49.0 Å². The standard InChI is InChI=1S/C23H27ClN2O.C9H11NO2/c1-17(27)25-23(20-5-3-2-4-6-20)11-13-26(14-12-23)16-19-15-22(19)18-7-9-21(24)10-8-18;1-10(9(11)12)7-8-5-3-2-4-6-8/h2-10,19,22H,11-16H2,1H3,(H,25,27);2-6H,7H2,1H3,(H,11,12)/t19-,22+;/m0./s1. The number of hydrogen-bond donors (Lipinski definition) is 2. The second-order valence-electron chi connectivity index (χ2n) is 10.7. The van der Waals surface area contributed by atoms with Crippen molar-refractivity contribution < 1.29 is 14.7 Å². The fourth-order valence-corrected chi connectivity index (χ4v) is 5.65. The van der Waals surface area contributed by atoms with E-state index < -0.39 is 6.09 Å². The van der Waals surface area contributed by atoms with E-state index in [1.165, 1.54) is 22.4 Å². The lowest BCUT2D eigenvalue weighted by molar-refractivity contribution is -0.121. The molecule has 6 nitrogen and oxygen atoms in total. The first-order valence-electron chi connectivity index (χ1n) is 13.6. The third-order valence-corrected chi connectivity index (χ3v) is 8.01. The van der Waals surface area contributed by atoms with Crippen LogP contribution in [0.25, 0.3) is 0 Å². The number of nitrogens with one attached hydrogen (secondary N) is 1. The second-order valence-corrected chi connectivity index (χ2v) is 11.1. The molecule has 2 N–H and O–H groups in total. The monoisotopic (exact) mass is 547 g/mol. The molecule has 1 aliphatic heterocycles. The van der Waals surface area contributed by atoms with Crippen molar-refractivity contribution in [3.63, 3.8) is 0 Å². The number of halogens is 1. The normalized spacial score (nSPS) is 19.8. The highest BCUT2D eigenvalue weighted by Gasteiger charge is 2.42. The summed E-state index contributed by atoms with van der Waals surface area (Å²) in [6, 6.07) is 28.3. The van der Waals surface area contributed by atoms with Crippen LogP contribution in [-0.2, 0) is 16.9 Å². The smallest absolute Gasteiger partial charge is 0.407 e. The zero-order valence-corrected chi connectivity index (χ0v) is 23.5. The van der Waals surface area contributed by atoms with Gasteiger partial charge in [-0.2, -0.15) is 0 Å². The molecule has 1 saturated heterocycles. The minimum atomic E-state index is -0.904. The Morgan fingerprint density at radius 3 is 2.13 bits per heavy atom. The van der Waals surface area contributed by atoms with E-state index in [-0.39, 0.29) is 11.4 Å². The van der Waals surface area contributed by atoms with Gasteiger partial charge in [0.2, 0.25) is 5.91 Å². The number of hydrogen-bond acceptors (Lipinski definition) is 3. The van der Waals surface area contributed by atoms with Gasteiger partial charge in [0.15, 0.2) is 0 Å². The summed E-state index contributed by atoms with van der Waals surface area (Å²) in [4.78, 5) is 26.1. The van der Waals surface area contributed by atoms with Gasteiger partial charge in [-0.1, -0.05) is 84.4 Å². The summed E-state index contributed by atoms with van der Waals surface area (Å²) in [5.74, 6) is 1.48. The summed E-state index contributed by atoms with van der Waals surface area (Å²) in [6.45, 7) is 5.27. The molecule has 39 heavy (non-hydrogen) atoms. The van der Waals surface area contributed by atoms with Gasteiger partial charge >= 0.3 is 6.09 Å². The molecule has 1 aliphatic carbocycles. The molecule has 2 fully saturated rings. The van der Waals surface area contributed by atoms with Crippen LogP contribution in [0, 0.1) is 5.92 Å². The Labute approximate surface area is 236 Å². The van der Waals surface area contributed by atoms with Gasteiger partial charge in [0.1, 0.15) is 0 Å². The third-order valence-electron chi connectivity index (χ3n) is 7.75. The number of likely N-dealkylation sites (tertiary alicyclic amines) is 1. The van der Waals surface area contributed by atoms with Gasteiger partial charge in [-0.25, -0.2) is 4.79 Å². The topological polar surface area (TPSA) is 72.9 Å². The number of rotatable bonds is 7. The van der Waals surface area contributed by atoms with Crippen LogP contribution in [0.2, 0.25) is 5.02 Å². The molecular weight excluding hydrogens is 510 g/mol. The molecule has 5 rings (SSSR count). The molecular formula is C32H38ClN3O3. The number of benzene rings is 3. The molecule has 0 unspecified atom stereocenters. The maximum absolute atomic E-state index is 11.8. The van der Waals surface area contributed by atoms with Crippen LogP contribution in [-0.4, -0.2) is 53.6 Å². The highest BCUT2D eigenvalue weighted by Crippen LogP contribution is 2.48. The van der Waals surface area contributed by atoms with E-state index >= 15 is 0 Å². The van der Waals surface area contributed by atoms with E-state index in [2.05, 4.69) is 46.6 Å². The highest BCUT2D eigenvalue weighted by molar-refractivity contribution is 6.30. The molecule has 3 aromatic rings. The number of amides is 2. The summed E-state index contributed by atoms with van der Waals surface area (Å²) in [7, 11) is 1.55. The number of carbonyl (C=O) groups is 2. The van der Waals surface area contributed by atoms with Crippen LogP contribution in [0.5, 0.6) is 0 Å². The van der Waals surface area contributed by atoms with Crippen LogP contribution in [0.4, 0.5) is 4.79 Å². The van der Waals surface area contributed by atoms with Crippen LogP contribution in [0.1, 0.15) is 48.8 Å². The lowest BCUT2D eigenvalue weighted by Gasteiger charge is -2.43. The van der Waals surface area contributed by atoms with E-state index in [1.54, 1.807) is 14.0 Å². The Balaban J connectivity index is 0.000000247. The molecule has 0 spiro atoms. The van der Waals surface area contributed by atoms with Gasteiger partial charge in [-0.3, -0.25) is 4.79 Å². The maximum atomic E-state index is 11.8. The largest absolute Gasteiger partial charge is 0.465 e. The number of piperidine rings is 1. The average molecular weight is 548 g/mol. The van der Waals surface area contributed by atoms with E-state index in [4.69, 9.17) is 16.7 Å². The van der Waals surface area contributed by atoms with Gasteiger partial charge in [0.05, 0.1) is 5.54 Å². The molecule has 2 amide bonds. The van der Waals surface area contributed by atoms with Crippen molar-refractivity contribution in [1.82, 2.24) is 15.1 Å². The molecule has 0 bridgehead atoms. The first-order chi connectivity index (χ1) is 18.8. The summed E-state index contributed by atoms with van der Waals surface area (Å²) in [6.07, 6.45) is 2.30. The molecule has 7 heteroatoms. The zero-order valence-electron chi connectivity index (χ0n) is 22.7. The average Bonchev–Trinajstić information content (AvgIpc) is 3.70. The minimum absolute atomic E-state index is 0.0531. The first kappa shape index (κ1) is 28.7. The Morgan fingerprint density at radius 2 is 1.56 bits per heavy atom. The molecule has 2 atom stereocenters. The molecule has 1 saturated carbocycles. The Morgan fingerprint density at radius 1 is 0.974 bits per heavy atom. The summed E-state index contributed by atoms with van der Waals surface area (Å²) >= 11 is 6.00. The van der Waals surface area contributed by atoms with Crippen molar-refractivity contribution in [3.8, 4) is 0 Å². The second kappa shape index (κ2) is 13.1. The summed E-state index contributed by atoms with van der Waals surface area (Å²) in [5.41, 5.74) is 3.42. The zero-order chi connectivity index (χ0) is 27.8. The van der Waals surface area contributed by atoms with E-state index in [0.29, 0.717) is 12.5 Å². The Kier molecular flexibility index (Phi) is 9.65. The summed E-state index contributed by atoms with van der Waals surface area (Å²) in [5, 5.41) is 12.6. The van der Waals surface area contributed by atoms with Crippen LogP contribution in [0.3, 0.4) is 0 Å². The van der Waals surface area contributed by atoms with Gasteiger partial charge in [0.25, 0.3) is 0 Å². The van der Waals surface area contributed by atoms with Gasteiger partial charge in [-0.15, -0.1) is 0 Å². The van der Waals surface area contributed by atoms with Crippen molar-refractivity contribution in [3.05, 3.63) is 107 Å². The van der Waals surface area contributed by atoms with Crippen LogP contribution in [0.15, 0.2) is 84.9 Å². The van der Waals surface area contributed by atoms with Crippen molar-refractivity contribution in [2.24, 2.45) is 5.92 Å². The number of carbonyl (C=O) groups excluding carboxylic acids is 1. The van der Waals surface area contributed by atoms with Crippen molar-refractivity contribution in [2.45, 2.75) is 44.2 Å². The Hall–Kier alpha value is -3.35. The lowest BCUT2D eigenvalue weighted by atomic mass is 9.80. The first-order valence-corrected chi connectivity index (χ1v) is 13.9. The minimum Gasteiger partial charge on any atom is -0.465 e.